The van der Waals surface area contributed by atoms with Crippen molar-refractivity contribution in [3.8, 4) is 5.82 Å². The van der Waals surface area contributed by atoms with Crippen LogP contribution in [0.25, 0.3) is 5.82 Å². The van der Waals surface area contributed by atoms with Gasteiger partial charge in [-0.25, -0.2) is 4.68 Å². The normalized spacial score (nSPS) is 15.5. The molecule has 90 valence electrons. The smallest absolute Gasteiger partial charge is 0.156 e. The van der Waals surface area contributed by atoms with E-state index >= 15 is 0 Å². The molecule has 0 saturated heterocycles. The summed E-state index contributed by atoms with van der Waals surface area (Å²) in [5.41, 5.74) is 3.21. The van der Waals surface area contributed by atoms with Crippen LogP contribution in [0.15, 0.2) is 12.3 Å². The average Bonchev–Trinajstić information content (AvgIpc) is 2.96. The summed E-state index contributed by atoms with van der Waals surface area (Å²) in [5, 5.41) is 9.02. The molecule has 0 spiro atoms. The highest BCUT2D eigenvalue weighted by Crippen LogP contribution is 2.39. The van der Waals surface area contributed by atoms with E-state index in [2.05, 4.69) is 16.3 Å². The second kappa shape index (κ2) is 3.88. The predicted octanol–water partition coefficient (Wildman–Crippen LogP) is 2.53. The zero-order valence-corrected chi connectivity index (χ0v) is 10.8. The standard InChI is InChI=1S/C12H15ClN4/c1-8-10(7-13)12(16(2)14-8)17-6-5-11(15-17)9-3-4-9/h5-6,9H,3-4,7H2,1-2H3. The van der Waals surface area contributed by atoms with Gasteiger partial charge in [0.25, 0.3) is 0 Å². The van der Waals surface area contributed by atoms with E-state index in [-0.39, 0.29) is 0 Å². The van der Waals surface area contributed by atoms with Crippen LogP contribution in [0.1, 0.15) is 35.7 Å². The number of halogens is 1. The van der Waals surface area contributed by atoms with Gasteiger partial charge in [0.05, 0.1) is 17.3 Å². The van der Waals surface area contributed by atoms with E-state index in [0.717, 1.165) is 17.1 Å². The van der Waals surface area contributed by atoms with Crippen LogP contribution < -0.4 is 0 Å². The topological polar surface area (TPSA) is 35.6 Å². The number of hydrogen-bond donors (Lipinski definition) is 0. The third-order valence-electron chi connectivity index (χ3n) is 3.27. The van der Waals surface area contributed by atoms with Gasteiger partial charge in [0, 0.05) is 24.7 Å². The molecule has 4 nitrogen and oxygen atoms in total. The Labute approximate surface area is 105 Å². The molecule has 0 aromatic carbocycles. The van der Waals surface area contributed by atoms with Crippen LogP contribution in [0.5, 0.6) is 0 Å². The van der Waals surface area contributed by atoms with E-state index in [1.165, 1.54) is 18.5 Å². The van der Waals surface area contributed by atoms with Gasteiger partial charge >= 0.3 is 0 Å². The molecule has 2 aromatic rings. The van der Waals surface area contributed by atoms with Crippen molar-refractivity contribution in [2.75, 3.05) is 0 Å². The van der Waals surface area contributed by atoms with E-state index in [0.29, 0.717) is 11.8 Å². The molecule has 0 bridgehead atoms. The minimum Gasteiger partial charge on any atom is -0.250 e. The maximum absolute atomic E-state index is 5.99. The van der Waals surface area contributed by atoms with Crippen molar-refractivity contribution in [3.05, 3.63) is 29.2 Å². The Hall–Kier alpha value is -1.29. The first-order valence-electron chi connectivity index (χ1n) is 5.85. The highest BCUT2D eigenvalue weighted by molar-refractivity contribution is 6.17. The summed E-state index contributed by atoms with van der Waals surface area (Å²) in [7, 11) is 1.93. The highest BCUT2D eigenvalue weighted by Gasteiger charge is 2.26. The number of rotatable bonds is 3. The molecule has 0 aliphatic heterocycles. The lowest BCUT2D eigenvalue weighted by molar-refractivity contribution is 0.686. The Balaban J connectivity index is 2.06. The molecule has 2 heterocycles. The van der Waals surface area contributed by atoms with Gasteiger partial charge in [-0.2, -0.15) is 10.2 Å². The Morgan fingerprint density at radius 3 is 2.82 bits per heavy atom. The summed E-state index contributed by atoms with van der Waals surface area (Å²) in [6.07, 6.45) is 4.54. The number of aromatic nitrogens is 4. The third-order valence-corrected chi connectivity index (χ3v) is 3.54. The monoisotopic (exact) mass is 250 g/mol. The summed E-state index contributed by atoms with van der Waals surface area (Å²) >= 11 is 5.99. The molecule has 1 fully saturated rings. The largest absolute Gasteiger partial charge is 0.250 e. The molecule has 2 aromatic heterocycles. The third kappa shape index (κ3) is 1.76. The molecule has 0 N–H and O–H groups in total. The van der Waals surface area contributed by atoms with Gasteiger partial charge in [0.2, 0.25) is 0 Å². The summed E-state index contributed by atoms with van der Waals surface area (Å²) in [5.74, 6) is 2.11. The number of hydrogen-bond acceptors (Lipinski definition) is 2. The van der Waals surface area contributed by atoms with Crippen molar-refractivity contribution in [3.63, 3.8) is 0 Å². The number of alkyl halides is 1. The van der Waals surface area contributed by atoms with Gasteiger partial charge in [-0.1, -0.05) is 0 Å². The minimum absolute atomic E-state index is 0.466. The Bertz CT molecular complexity index is 551. The molecular formula is C12H15ClN4. The van der Waals surface area contributed by atoms with Crippen LogP contribution >= 0.6 is 11.6 Å². The first-order valence-corrected chi connectivity index (χ1v) is 6.38. The fourth-order valence-electron chi connectivity index (χ4n) is 2.19. The van der Waals surface area contributed by atoms with Crippen LogP contribution in [-0.2, 0) is 12.9 Å². The fraction of sp³-hybridized carbons (Fsp3) is 0.500. The van der Waals surface area contributed by atoms with Crippen LogP contribution in [-0.4, -0.2) is 19.6 Å². The second-order valence-electron chi connectivity index (χ2n) is 4.60. The van der Waals surface area contributed by atoms with Crippen molar-refractivity contribution < 1.29 is 0 Å². The van der Waals surface area contributed by atoms with Crippen molar-refractivity contribution in [2.45, 2.75) is 31.6 Å². The van der Waals surface area contributed by atoms with Gasteiger partial charge in [-0.3, -0.25) is 4.68 Å². The van der Waals surface area contributed by atoms with E-state index in [9.17, 15) is 0 Å². The lowest BCUT2D eigenvalue weighted by atomic mass is 10.3. The van der Waals surface area contributed by atoms with E-state index in [1.807, 2.05) is 29.5 Å². The van der Waals surface area contributed by atoms with Crippen molar-refractivity contribution >= 4 is 11.6 Å². The van der Waals surface area contributed by atoms with Gasteiger partial charge in [0.1, 0.15) is 0 Å². The Morgan fingerprint density at radius 1 is 1.41 bits per heavy atom. The molecule has 1 aliphatic rings. The number of aryl methyl sites for hydroxylation is 2. The van der Waals surface area contributed by atoms with Gasteiger partial charge in [0.15, 0.2) is 5.82 Å². The predicted molar refractivity (Wildman–Crippen MR) is 66.6 cm³/mol. The van der Waals surface area contributed by atoms with Crippen LogP contribution in [0.3, 0.4) is 0 Å². The molecule has 3 rings (SSSR count). The van der Waals surface area contributed by atoms with Crippen LogP contribution in [0.2, 0.25) is 0 Å². The van der Waals surface area contributed by atoms with E-state index in [4.69, 9.17) is 11.6 Å². The quantitative estimate of drug-likeness (QED) is 0.785. The molecule has 1 aliphatic carbocycles. The molecule has 0 amide bonds. The minimum atomic E-state index is 0.466. The van der Waals surface area contributed by atoms with Crippen LogP contribution in [0, 0.1) is 6.92 Å². The van der Waals surface area contributed by atoms with E-state index < -0.39 is 0 Å². The highest BCUT2D eigenvalue weighted by atomic mass is 35.5. The molecule has 0 unspecified atom stereocenters. The molecule has 0 atom stereocenters. The summed E-state index contributed by atoms with van der Waals surface area (Å²) in [6, 6.07) is 2.10. The van der Waals surface area contributed by atoms with E-state index in [1.54, 1.807) is 0 Å². The molecule has 1 saturated carbocycles. The van der Waals surface area contributed by atoms with Gasteiger partial charge in [-0.05, 0) is 25.8 Å². The molecule has 17 heavy (non-hydrogen) atoms. The maximum atomic E-state index is 5.99. The Morgan fingerprint density at radius 2 is 2.18 bits per heavy atom. The fourth-order valence-corrected chi connectivity index (χ4v) is 2.50. The molecular weight excluding hydrogens is 236 g/mol. The zero-order chi connectivity index (χ0) is 12.0. The van der Waals surface area contributed by atoms with Crippen molar-refractivity contribution in [1.29, 1.82) is 0 Å². The molecule has 0 radical (unpaired) electrons. The SMILES string of the molecule is Cc1nn(C)c(-n2ccc(C3CC3)n2)c1CCl. The average molecular weight is 251 g/mol. The number of nitrogens with zero attached hydrogens (tertiary/aromatic N) is 4. The summed E-state index contributed by atoms with van der Waals surface area (Å²) in [6.45, 7) is 1.98. The lowest BCUT2D eigenvalue weighted by Crippen LogP contribution is -2.05. The summed E-state index contributed by atoms with van der Waals surface area (Å²) in [4.78, 5) is 0. The van der Waals surface area contributed by atoms with Crippen LogP contribution in [0.4, 0.5) is 0 Å². The van der Waals surface area contributed by atoms with Gasteiger partial charge in [-0.15, -0.1) is 11.6 Å². The summed E-state index contributed by atoms with van der Waals surface area (Å²) < 4.78 is 3.74. The maximum Gasteiger partial charge on any atom is 0.156 e. The molecule has 5 heteroatoms. The zero-order valence-electron chi connectivity index (χ0n) is 10.0. The lowest BCUT2D eigenvalue weighted by Gasteiger charge is -2.04. The Kier molecular flexibility index (Phi) is 2.47. The van der Waals surface area contributed by atoms with Crippen molar-refractivity contribution in [1.82, 2.24) is 19.6 Å². The van der Waals surface area contributed by atoms with Gasteiger partial charge < -0.3 is 0 Å². The first-order chi connectivity index (χ1) is 8.20. The van der Waals surface area contributed by atoms with Crippen molar-refractivity contribution in [2.24, 2.45) is 7.05 Å². The second-order valence-corrected chi connectivity index (χ2v) is 4.87. The first kappa shape index (κ1) is 10.8.